The van der Waals surface area contributed by atoms with E-state index in [2.05, 4.69) is 14.8 Å². The Kier molecular flexibility index (Phi) is 3.24. The van der Waals surface area contributed by atoms with Crippen molar-refractivity contribution in [2.75, 3.05) is 24.0 Å². The molecule has 0 saturated carbocycles. The normalized spacial score (nSPS) is 11.5. The summed E-state index contributed by atoms with van der Waals surface area (Å²) in [5.41, 5.74) is 6.41. The molecule has 10 heteroatoms. The quantitative estimate of drug-likeness (QED) is 0.717. The van der Waals surface area contributed by atoms with Crippen LogP contribution in [0.3, 0.4) is 0 Å². The minimum atomic E-state index is -3.48. The number of fused-ring (bicyclic) bond motifs is 1. The van der Waals surface area contributed by atoms with Gasteiger partial charge < -0.3 is 10.3 Å². The van der Waals surface area contributed by atoms with Crippen molar-refractivity contribution in [1.29, 1.82) is 5.26 Å². The van der Waals surface area contributed by atoms with Gasteiger partial charge in [-0.2, -0.15) is 15.2 Å². The molecule has 0 fully saturated rings. The second kappa shape index (κ2) is 4.62. The van der Waals surface area contributed by atoms with E-state index < -0.39 is 10.0 Å². The maximum absolute atomic E-state index is 11.3. The second-order valence-corrected chi connectivity index (χ2v) is 6.02. The molecule has 2 aromatic rings. The molecule has 0 spiro atoms. The van der Waals surface area contributed by atoms with Gasteiger partial charge in [0.15, 0.2) is 5.82 Å². The van der Waals surface area contributed by atoms with Crippen LogP contribution in [0.5, 0.6) is 0 Å². The van der Waals surface area contributed by atoms with Gasteiger partial charge in [-0.3, -0.25) is 5.01 Å². The van der Waals surface area contributed by atoms with Crippen LogP contribution in [0.4, 0.5) is 11.8 Å². The maximum Gasteiger partial charge on any atom is 0.225 e. The highest BCUT2D eigenvalue weighted by atomic mass is 32.2. The number of anilines is 2. The molecule has 0 radical (unpaired) electrons. The van der Waals surface area contributed by atoms with Gasteiger partial charge in [0.05, 0.1) is 17.2 Å². The van der Waals surface area contributed by atoms with E-state index in [1.54, 1.807) is 17.8 Å². The Hall–Kier alpha value is -2.38. The van der Waals surface area contributed by atoms with Gasteiger partial charge in [0, 0.05) is 20.3 Å². The Bertz CT molecular complexity index is 818. The highest BCUT2D eigenvalue weighted by Crippen LogP contribution is 2.27. The fourth-order valence-electron chi connectivity index (χ4n) is 1.89. The summed E-state index contributed by atoms with van der Waals surface area (Å²) in [6.45, 7) is 0. The molecule has 0 atom stereocenters. The molecular formula is C10H13N7O2S. The fraction of sp³-hybridized carbons (Fsp3) is 0.300. The van der Waals surface area contributed by atoms with Gasteiger partial charge in [-0.25, -0.2) is 8.42 Å². The third kappa shape index (κ3) is 2.49. The largest absolute Gasteiger partial charge is 0.368 e. The molecule has 0 saturated heterocycles. The van der Waals surface area contributed by atoms with Crippen LogP contribution in [0, 0.1) is 11.3 Å². The summed E-state index contributed by atoms with van der Waals surface area (Å²) in [7, 11) is -0.300. The van der Waals surface area contributed by atoms with Gasteiger partial charge in [-0.1, -0.05) is 0 Å². The molecule has 0 aromatic carbocycles. The highest BCUT2D eigenvalue weighted by molar-refractivity contribution is 7.88. The van der Waals surface area contributed by atoms with E-state index in [0.29, 0.717) is 16.6 Å². The van der Waals surface area contributed by atoms with E-state index in [1.165, 1.54) is 12.1 Å². The molecule has 20 heavy (non-hydrogen) atoms. The number of hydrogen-bond acceptors (Lipinski definition) is 7. The lowest BCUT2D eigenvalue weighted by molar-refractivity contribution is 0.586. The number of nitrogen functional groups attached to an aromatic ring is 1. The number of aromatic nitrogens is 3. The Morgan fingerprint density at radius 2 is 2.15 bits per heavy atom. The Morgan fingerprint density at radius 1 is 1.50 bits per heavy atom. The molecule has 2 rings (SSSR count). The Balaban J connectivity index is 2.72. The first-order valence-electron chi connectivity index (χ1n) is 5.46. The van der Waals surface area contributed by atoms with Crippen molar-refractivity contribution in [2.24, 2.45) is 7.05 Å². The van der Waals surface area contributed by atoms with Crippen molar-refractivity contribution in [1.82, 2.24) is 19.4 Å². The van der Waals surface area contributed by atoms with Gasteiger partial charge in [0.25, 0.3) is 0 Å². The maximum atomic E-state index is 11.3. The van der Waals surface area contributed by atoms with Crippen LogP contribution in [0.25, 0.3) is 11.0 Å². The number of nitrogens with one attached hydrogen (secondary N) is 1. The summed E-state index contributed by atoms with van der Waals surface area (Å²) in [6.07, 6.45) is 2.60. The van der Waals surface area contributed by atoms with E-state index in [9.17, 15) is 8.42 Å². The lowest BCUT2D eigenvalue weighted by atomic mass is 10.2. The zero-order chi connectivity index (χ0) is 15.1. The Labute approximate surface area is 115 Å². The monoisotopic (exact) mass is 295 g/mol. The van der Waals surface area contributed by atoms with E-state index >= 15 is 0 Å². The van der Waals surface area contributed by atoms with Gasteiger partial charge in [0.2, 0.25) is 16.0 Å². The van der Waals surface area contributed by atoms with E-state index in [0.717, 1.165) is 6.26 Å². The second-order valence-electron chi connectivity index (χ2n) is 4.29. The first-order chi connectivity index (χ1) is 9.23. The molecule has 3 N–H and O–H groups in total. The zero-order valence-corrected chi connectivity index (χ0v) is 11.9. The third-order valence-corrected chi connectivity index (χ3v) is 3.16. The molecule has 2 aromatic heterocycles. The van der Waals surface area contributed by atoms with Crippen LogP contribution < -0.4 is 15.6 Å². The summed E-state index contributed by atoms with van der Waals surface area (Å²) >= 11 is 0. The standard InChI is InChI=1S/C10H13N7O2S/c1-16-5-6(4-11)7-8(16)13-10(12)14-9(7)17(2)15-20(3,18)19/h5,15H,1-3H3,(H2,12,13,14). The van der Waals surface area contributed by atoms with E-state index in [1.807, 2.05) is 6.07 Å². The predicted octanol–water partition coefficient (Wildman–Crippen LogP) is -0.677. The lowest BCUT2D eigenvalue weighted by Gasteiger charge is -2.18. The number of nitrogens with two attached hydrogens (primary N) is 1. The molecule has 2 heterocycles. The molecule has 0 amide bonds. The first kappa shape index (κ1) is 14.0. The number of nitriles is 1. The minimum absolute atomic E-state index is 0.0136. The van der Waals surface area contributed by atoms with Crippen molar-refractivity contribution in [3.8, 4) is 6.07 Å². The Morgan fingerprint density at radius 3 is 2.70 bits per heavy atom. The summed E-state index contributed by atoms with van der Waals surface area (Å²) in [4.78, 5) is 10.3. The lowest BCUT2D eigenvalue weighted by Crippen LogP contribution is -2.39. The van der Waals surface area contributed by atoms with Crippen molar-refractivity contribution in [2.45, 2.75) is 0 Å². The smallest absolute Gasteiger partial charge is 0.225 e. The van der Waals surface area contributed by atoms with Crippen molar-refractivity contribution >= 4 is 32.8 Å². The van der Waals surface area contributed by atoms with Crippen molar-refractivity contribution < 1.29 is 8.42 Å². The predicted molar refractivity (Wildman–Crippen MR) is 74.0 cm³/mol. The van der Waals surface area contributed by atoms with Gasteiger partial charge in [-0.05, 0) is 0 Å². The van der Waals surface area contributed by atoms with E-state index in [-0.39, 0.29) is 11.8 Å². The SMILES string of the molecule is CN(NS(C)(=O)=O)c1nc(N)nc2c1c(C#N)cn2C. The van der Waals surface area contributed by atoms with E-state index in [4.69, 9.17) is 11.0 Å². The molecule has 0 aliphatic heterocycles. The molecule has 0 bridgehead atoms. The average molecular weight is 295 g/mol. The van der Waals surface area contributed by atoms with Crippen LogP contribution in [-0.4, -0.2) is 36.3 Å². The highest BCUT2D eigenvalue weighted by Gasteiger charge is 2.19. The zero-order valence-electron chi connectivity index (χ0n) is 11.1. The molecule has 0 aliphatic carbocycles. The first-order valence-corrected chi connectivity index (χ1v) is 7.36. The number of hydrazine groups is 1. The number of aryl methyl sites for hydroxylation is 1. The van der Waals surface area contributed by atoms with Crippen LogP contribution >= 0.6 is 0 Å². The van der Waals surface area contributed by atoms with Crippen LogP contribution in [0.1, 0.15) is 5.56 Å². The summed E-state index contributed by atoms with van der Waals surface area (Å²) in [6, 6.07) is 2.02. The minimum Gasteiger partial charge on any atom is -0.368 e. The molecule has 106 valence electrons. The molecule has 0 unspecified atom stereocenters. The third-order valence-electron chi connectivity index (χ3n) is 2.56. The van der Waals surface area contributed by atoms with Gasteiger partial charge >= 0.3 is 0 Å². The number of sulfonamides is 1. The van der Waals surface area contributed by atoms with Crippen molar-refractivity contribution in [3.63, 3.8) is 0 Å². The van der Waals surface area contributed by atoms with Crippen LogP contribution in [0.15, 0.2) is 6.20 Å². The van der Waals surface area contributed by atoms with Gasteiger partial charge in [0.1, 0.15) is 11.7 Å². The summed E-state index contributed by atoms with van der Waals surface area (Å²) < 4.78 is 24.2. The molecule has 0 aliphatic rings. The number of nitrogens with zero attached hydrogens (tertiary/aromatic N) is 5. The van der Waals surface area contributed by atoms with Crippen molar-refractivity contribution in [3.05, 3.63) is 11.8 Å². The fourth-order valence-corrected chi connectivity index (χ4v) is 2.47. The molecule has 9 nitrogen and oxygen atoms in total. The van der Waals surface area contributed by atoms with Gasteiger partial charge in [-0.15, -0.1) is 4.83 Å². The van der Waals surface area contributed by atoms with Crippen LogP contribution in [0.2, 0.25) is 0 Å². The molecular weight excluding hydrogens is 282 g/mol. The number of rotatable bonds is 3. The topological polar surface area (TPSA) is 130 Å². The summed E-state index contributed by atoms with van der Waals surface area (Å²) in [5.74, 6) is 0.204. The number of hydrogen-bond donors (Lipinski definition) is 2. The summed E-state index contributed by atoms with van der Waals surface area (Å²) in [5, 5.41) is 10.8. The average Bonchev–Trinajstić information content (AvgIpc) is 2.63. The van der Waals surface area contributed by atoms with Crippen LogP contribution in [-0.2, 0) is 17.1 Å².